The van der Waals surface area contributed by atoms with Gasteiger partial charge in [0, 0.05) is 41.7 Å². The molecule has 0 spiro atoms. The molecule has 28 heavy (non-hydrogen) atoms. The van der Waals surface area contributed by atoms with Gasteiger partial charge >= 0.3 is 0 Å². The predicted molar refractivity (Wildman–Crippen MR) is 101 cm³/mol. The van der Waals surface area contributed by atoms with Crippen molar-refractivity contribution in [3.63, 3.8) is 0 Å². The highest BCUT2D eigenvalue weighted by molar-refractivity contribution is 5.81. The number of hydrogen-bond acceptors (Lipinski definition) is 7. The molecule has 1 aromatic heterocycles. The number of nitro groups is 1. The SMILES string of the molecule is COc1ccc(OC)c2c1CN(Cn1ncc3cc([N+](=O)[O-])ccc31)CC2O. The van der Waals surface area contributed by atoms with Crippen LogP contribution in [0, 0.1) is 10.1 Å². The lowest BCUT2D eigenvalue weighted by Crippen LogP contribution is -2.35. The van der Waals surface area contributed by atoms with Gasteiger partial charge in [-0.3, -0.25) is 19.7 Å². The van der Waals surface area contributed by atoms with Crippen molar-refractivity contribution in [3.8, 4) is 11.5 Å². The van der Waals surface area contributed by atoms with E-state index in [0.29, 0.717) is 36.6 Å². The normalized spacial score (nSPS) is 16.8. The molecule has 9 nitrogen and oxygen atoms in total. The molecule has 0 radical (unpaired) electrons. The maximum Gasteiger partial charge on any atom is 0.270 e. The summed E-state index contributed by atoms with van der Waals surface area (Å²) in [5, 5.41) is 26.7. The summed E-state index contributed by atoms with van der Waals surface area (Å²) in [6, 6.07) is 8.29. The number of nitrogens with zero attached hydrogens (tertiary/aromatic N) is 4. The van der Waals surface area contributed by atoms with E-state index < -0.39 is 11.0 Å². The smallest absolute Gasteiger partial charge is 0.270 e. The fraction of sp³-hybridized carbons (Fsp3) is 0.316. The average molecular weight is 384 g/mol. The standard InChI is InChI=1S/C19H20N4O5/c1-27-17-5-6-18(28-2)19-14(17)9-21(10-16(19)24)11-22-15-4-3-13(23(25)26)7-12(15)8-20-22/h3-8,16,24H,9-11H2,1-2H3. The third-order valence-electron chi connectivity index (χ3n) is 5.03. The second kappa shape index (κ2) is 7.10. The lowest BCUT2D eigenvalue weighted by molar-refractivity contribution is -0.384. The van der Waals surface area contributed by atoms with Crippen LogP contribution in [-0.2, 0) is 13.2 Å². The first-order valence-electron chi connectivity index (χ1n) is 8.76. The molecular formula is C19H20N4O5. The summed E-state index contributed by atoms with van der Waals surface area (Å²) in [7, 11) is 3.18. The lowest BCUT2D eigenvalue weighted by atomic mass is 9.95. The Morgan fingerprint density at radius 1 is 1.25 bits per heavy atom. The minimum Gasteiger partial charge on any atom is -0.496 e. The van der Waals surface area contributed by atoms with Crippen molar-refractivity contribution >= 4 is 16.6 Å². The van der Waals surface area contributed by atoms with Gasteiger partial charge in [-0.25, -0.2) is 0 Å². The molecule has 1 aliphatic rings. The number of ether oxygens (including phenoxy) is 2. The summed E-state index contributed by atoms with van der Waals surface area (Å²) >= 11 is 0. The number of rotatable bonds is 5. The molecule has 9 heteroatoms. The number of β-amino-alcohol motifs (C(OH)–C–C–N with tert-alkyl or cyclic N) is 1. The van der Waals surface area contributed by atoms with E-state index >= 15 is 0 Å². The fourth-order valence-corrected chi connectivity index (χ4v) is 3.74. The van der Waals surface area contributed by atoms with E-state index in [-0.39, 0.29) is 5.69 Å². The van der Waals surface area contributed by atoms with Crippen molar-refractivity contribution < 1.29 is 19.5 Å². The molecule has 2 aromatic carbocycles. The number of aliphatic hydroxyl groups excluding tert-OH is 1. The van der Waals surface area contributed by atoms with Crippen LogP contribution in [0.2, 0.25) is 0 Å². The average Bonchev–Trinajstić information content (AvgIpc) is 3.09. The number of aliphatic hydroxyl groups is 1. The molecule has 1 N–H and O–H groups in total. The van der Waals surface area contributed by atoms with E-state index in [1.54, 1.807) is 37.2 Å². The van der Waals surface area contributed by atoms with Crippen LogP contribution in [-0.4, -0.2) is 45.5 Å². The molecule has 146 valence electrons. The van der Waals surface area contributed by atoms with Crippen molar-refractivity contribution in [3.05, 3.63) is 57.8 Å². The highest BCUT2D eigenvalue weighted by Gasteiger charge is 2.30. The van der Waals surface area contributed by atoms with Crippen molar-refractivity contribution in [1.82, 2.24) is 14.7 Å². The van der Waals surface area contributed by atoms with Crippen molar-refractivity contribution in [2.75, 3.05) is 20.8 Å². The maximum atomic E-state index is 11.0. The molecule has 0 aliphatic carbocycles. The quantitative estimate of drug-likeness (QED) is 0.532. The Kier molecular flexibility index (Phi) is 4.62. The molecular weight excluding hydrogens is 364 g/mol. The number of methoxy groups -OCH3 is 2. The molecule has 1 aliphatic heterocycles. The number of nitro benzene ring substituents is 1. The Morgan fingerprint density at radius 2 is 2.00 bits per heavy atom. The molecule has 1 atom stereocenters. The molecule has 0 fully saturated rings. The molecule has 3 aromatic rings. The minimum atomic E-state index is -0.725. The lowest BCUT2D eigenvalue weighted by Gasteiger charge is -2.33. The van der Waals surface area contributed by atoms with Crippen LogP contribution in [0.1, 0.15) is 17.2 Å². The second-order valence-corrected chi connectivity index (χ2v) is 6.68. The van der Waals surface area contributed by atoms with Gasteiger partial charge in [0.15, 0.2) is 0 Å². The van der Waals surface area contributed by atoms with E-state index in [4.69, 9.17) is 9.47 Å². The summed E-state index contributed by atoms with van der Waals surface area (Å²) in [5.74, 6) is 1.33. The van der Waals surface area contributed by atoms with Gasteiger partial charge in [0.2, 0.25) is 0 Å². The first-order chi connectivity index (χ1) is 13.5. The van der Waals surface area contributed by atoms with Crippen LogP contribution >= 0.6 is 0 Å². The Hall–Kier alpha value is -3.17. The fourth-order valence-electron chi connectivity index (χ4n) is 3.74. The highest BCUT2D eigenvalue weighted by Crippen LogP contribution is 2.39. The van der Waals surface area contributed by atoms with Crippen LogP contribution < -0.4 is 9.47 Å². The zero-order chi connectivity index (χ0) is 19.8. The Morgan fingerprint density at radius 3 is 2.71 bits per heavy atom. The number of non-ortho nitro benzene ring substituents is 1. The molecule has 0 amide bonds. The largest absolute Gasteiger partial charge is 0.496 e. The zero-order valence-corrected chi connectivity index (χ0v) is 15.5. The van der Waals surface area contributed by atoms with E-state index in [1.807, 2.05) is 11.0 Å². The zero-order valence-electron chi connectivity index (χ0n) is 15.5. The van der Waals surface area contributed by atoms with E-state index in [0.717, 1.165) is 16.6 Å². The topological polar surface area (TPSA) is 103 Å². The monoisotopic (exact) mass is 384 g/mol. The van der Waals surface area contributed by atoms with Crippen LogP contribution in [0.25, 0.3) is 10.9 Å². The summed E-state index contributed by atoms with van der Waals surface area (Å²) in [6.07, 6.45) is 0.886. The van der Waals surface area contributed by atoms with Gasteiger partial charge < -0.3 is 14.6 Å². The maximum absolute atomic E-state index is 11.0. The molecule has 4 rings (SSSR count). The highest BCUT2D eigenvalue weighted by atomic mass is 16.6. The summed E-state index contributed by atoms with van der Waals surface area (Å²) in [6.45, 7) is 1.39. The Bertz CT molecular complexity index is 1050. The number of hydrogen-bond donors (Lipinski definition) is 1. The molecule has 2 heterocycles. The van der Waals surface area contributed by atoms with Gasteiger partial charge in [-0.05, 0) is 18.2 Å². The predicted octanol–water partition coefficient (Wildman–Crippen LogP) is 2.47. The minimum absolute atomic E-state index is 0.0335. The second-order valence-electron chi connectivity index (χ2n) is 6.68. The van der Waals surface area contributed by atoms with Crippen LogP contribution in [0.5, 0.6) is 11.5 Å². The van der Waals surface area contributed by atoms with Crippen LogP contribution in [0.15, 0.2) is 36.5 Å². The van der Waals surface area contributed by atoms with Gasteiger partial charge in [0.1, 0.15) is 11.5 Å². The Balaban J connectivity index is 1.64. The van der Waals surface area contributed by atoms with Crippen molar-refractivity contribution in [2.24, 2.45) is 0 Å². The molecule has 0 saturated carbocycles. The summed E-state index contributed by atoms with van der Waals surface area (Å²) < 4.78 is 12.6. The number of aromatic nitrogens is 2. The van der Waals surface area contributed by atoms with Gasteiger partial charge in [-0.2, -0.15) is 5.10 Å². The van der Waals surface area contributed by atoms with Gasteiger partial charge in [0.05, 0.1) is 43.6 Å². The van der Waals surface area contributed by atoms with Crippen molar-refractivity contribution in [1.29, 1.82) is 0 Å². The van der Waals surface area contributed by atoms with Crippen LogP contribution in [0.4, 0.5) is 5.69 Å². The van der Waals surface area contributed by atoms with Gasteiger partial charge in [-0.15, -0.1) is 0 Å². The summed E-state index contributed by atoms with van der Waals surface area (Å²) in [5.41, 5.74) is 2.46. The summed E-state index contributed by atoms with van der Waals surface area (Å²) in [4.78, 5) is 12.6. The first kappa shape index (κ1) is 18.2. The molecule has 0 saturated heterocycles. The van der Waals surface area contributed by atoms with E-state index in [1.165, 1.54) is 12.1 Å². The van der Waals surface area contributed by atoms with Gasteiger partial charge in [-0.1, -0.05) is 0 Å². The number of benzene rings is 2. The molecule has 1 unspecified atom stereocenters. The molecule has 0 bridgehead atoms. The van der Waals surface area contributed by atoms with Crippen LogP contribution in [0.3, 0.4) is 0 Å². The van der Waals surface area contributed by atoms with E-state index in [2.05, 4.69) is 5.10 Å². The third-order valence-corrected chi connectivity index (χ3v) is 5.03. The first-order valence-corrected chi connectivity index (χ1v) is 8.76. The number of fused-ring (bicyclic) bond motifs is 2. The third kappa shape index (κ3) is 3.04. The Labute approximate surface area is 160 Å². The van der Waals surface area contributed by atoms with Gasteiger partial charge in [0.25, 0.3) is 5.69 Å². The van der Waals surface area contributed by atoms with E-state index in [9.17, 15) is 15.2 Å². The van der Waals surface area contributed by atoms with Crippen molar-refractivity contribution in [2.45, 2.75) is 19.3 Å².